The predicted molar refractivity (Wildman–Crippen MR) is 108 cm³/mol. The number of rotatable bonds is 5. The number of carbonyl (C=O) groups excluding carboxylic acids is 2. The number of carbonyl (C=O) groups is 2. The summed E-state index contributed by atoms with van der Waals surface area (Å²) in [6.45, 7) is 1.75. The quantitative estimate of drug-likeness (QED) is 0.725. The lowest BCUT2D eigenvalue weighted by molar-refractivity contribution is -0.120. The molecule has 2 aliphatic rings. The molecule has 2 fully saturated rings. The summed E-state index contributed by atoms with van der Waals surface area (Å²) < 4.78 is 0. The molecular formula is C20H30ClN3O2. The highest BCUT2D eigenvalue weighted by molar-refractivity contribution is 5.94. The molecule has 1 aliphatic carbocycles. The minimum absolute atomic E-state index is 0. The van der Waals surface area contributed by atoms with Crippen LogP contribution >= 0.6 is 12.4 Å². The molecule has 1 saturated carbocycles. The van der Waals surface area contributed by atoms with E-state index in [-0.39, 0.29) is 30.1 Å². The number of halogens is 1. The number of hydrogen-bond acceptors (Lipinski definition) is 3. The van der Waals surface area contributed by atoms with Gasteiger partial charge in [0.1, 0.15) is 0 Å². The Labute approximate surface area is 162 Å². The van der Waals surface area contributed by atoms with Gasteiger partial charge in [0.25, 0.3) is 0 Å². The van der Waals surface area contributed by atoms with Crippen LogP contribution in [0, 0.1) is 11.8 Å². The Hall–Kier alpha value is -1.59. The average molecular weight is 380 g/mol. The van der Waals surface area contributed by atoms with Crippen molar-refractivity contribution < 1.29 is 9.59 Å². The zero-order valence-corrected chi connectivity index (χ0v) is 16.1. The number of nitrogens with one attached hydrogen (secondary N) is 3. The van der Waals surface area contributed by atoms with E-state index in [1.54, 1.807) is 0 Å². The maximum Gasteiger partial charge on any atom is 0.228 e. The molecule has 6 heteroatoms. The largest absolute Gasteiger partial charge is 0.326 e. The molecule has 1 aromatic rings. The topological polar surface area (TPSA) is 70.2 Å². The van der Waals surface area contributed by atoms with Gasteiger partial charge in [0.2, 0.25) is 11.8 Å². The summed E-state index contributed by atoms with van der Waals surface area (Å²) in [5.74, 6) is 0.748. The highest BCUT2D eigenvalue weighted by atomic mass is 35.5. The van der Waals surface area contributed by atoms with Gasteiger partial charge in [0, 0.05) is 24.3 Å². The van der Waals surface area contributed by atoms with Crippen molar-refractivity contribution in [2.75, 3.05) is 23.7 Å². The van der Waals surface area contributed by atoms with Crippen LogP contribution in [-0.2, 0) is 9.59 Å². The van der Waals surface area contributed by atoms with Crippen molar-refractivity contribution in [3.63, 3.8) is 0 Å². The molecule has 1 unspecified atom stereocenters. The van der Waals surface area contributed by atoms with Crippen LogP contribution in [0.2, 0.25) is 0 Å². The van der Waals surface area contributed by atoms with Crippen molar-refractivity contribution in [1.82, 2.24) is 5.32 Å². The van der Waals surface area contributed by atoms with E-state index in [0.717, 1.165) is 37.3 Å². The van der Waals surface area contributed by atoms with Crippen LogP contribution in [0.4, 0.5) is 11.4 Å². The highest BCUT2D eigenvalue weighted by Gasteiger charge is 2.21. The van der Waals surface area contributed by atoms with Crippen LogP contribution in [0.15, 0.2) is 24.3 Å². The molecule has 2 amide bonds. The standard InChI is InChI=1S/C20H29N3O2.ClH/c24-19(13-15-5-2-1-3-6-15)22-17-8-10-18(11-9-17)23-20(25)16-7-4-12-21-14-16;/h8-11,15-16,21H,1-7,12-14H2,(H,22,24)(H,23,25);1H. The van der Waals surface area contributed by atoms with Crippen LogP contribution in [0.25, 0.3) is 0 Å². The molecule has 1 atom stereocenters. The minimum Gasteiger partial charge on any atom is -0.326 e. The second-order valence-corrected chi connectivity index (χ2v) is 7.37. The smallest absolute Gasteiger partial charge is 0.228 e. The summed E-state index contributed by atoms with van der Waals surface area (Å²) >= 11 is 0. The zero-order valence-electron chi connectivity index (χ0n) is 15.3. The molecule has 26 heavy (non-hydrogen) atoms. The molecule has 5 nitrogen and oxygen atoms in total. The third kappa shape index (κ3) is 6.29. The summed E-state index contributed by atoms with van der Waals surface area (Å²) in [6.07, 6.45) is 8.77. The fourth-order valence-corrected chi connectivity index (χ4v) is 3.82. The van der Waals surface area contributed by atoms with E-state index in [4.69, 9.17) is 0 Å². The first-order chi connectivity index (χ1) is 12.2. The second-order valence-electron chi connectivity index (χ2n) is 7.37. The van der Waals surface area contributed by atoms with E-state index in [0.29, 0.717) is 12.3 Å². The Morgan fingerprint density at radius 1 is 0.923 bits per heavy atom. The van der Waals surface area contributed by atoms with Gasteiger partial charge >= 0.3 is 0 Å². The first-order valence-corrected chi connectivity index (χ1v) is 9.62. The molecule has 1 aromatic carbocycles. The van der Waals surface area contributed by atoms with Crippen molar-refractivity contribution >= 4 is 35.6 Å². The first kappa shape index (κ1) is 20.7. The molecule has 1 saturated heterocycles. The fraction of sp³-hybridized carbons (Fsp3) is 0.600. The lowest BCUT2D eigenvalue weighted by atomic mass is 9.87. The van der Waals surface area contributed by atoms with Gasteiger partial charge in [0.15, 0.2) is 0 Å². The number of amides is 2. The number of anilines is 2. The Kier molecular flexibility index (Phi) is 8.39. The summed E-state index contributed by atoms with van der Waals surface area (Å²) in [5, 5.41) is 9.19. The lowest BCUT2D eigenvalue weighted by Gasteiger charge is -2.22. The fourth-order valence-electron chi connectivity index (χ4n) is 3.82. The number of piperidine rings is 1. The normalized spacial score (nSPS) is 20.7. The van der Waals surface area contributed by atoms with Gasteiger partial charge in [-0.25, -0.2) is 0 Å². The molecule has 1 aliphatic heterocycles. The van der Waals surface area contributed by atoms with E-state index < -0.39 is 0 Å². The summed E-state index contributed by atoms with van der Waals surface area (Å²) in [6, 6.07) is 7.41. The van der Waals surface area contributed by atoms with E-state index in [9.17, 15) is 9.59 Å². The molecule has 0 bridgehead atoms. The first-order valence-electron chi connectivity index (χ1n) is 9.62. The Morgan fingerprint density at radius 2 is 1.58 bits per heavy atom. The Morgan fingerprint density at radius 3 is 2.19 bits per heavy atom. The summed E-state index contributed by atoms with van der Waals surface area (Å²) in [4.78, 5) is 24.4. The SMILES string of the molecule is Cl.O=C(CC1CCCCC1)Nc1ccc(NC(=O)C2CCCNC2)cc1. The van der Waals surface area contributed by atoms with Crippen LogP contribution in [0.1, 0.15) is 51.4 Å². The van der Waals surface area contributed by atoms with Gasteiger partial charge < -0.3 is 16.0 Å². The third-order valence-corrected chi connectivity index (χ3v) is 5.30. The van der Waals surface area contributed by atoms with Crippen molar-refractivity contribution in [2.45, 2.75) is 51.4 Å². The maximum absolute atomic E-state index is 12.2. The molecule has 3 rings (SSSR count). The highest BCUT2D eigenvalue weighted by Crippen LogP contribution is 2.26. The molecule has 0 spiro atoms. The van der Waals surface area contributed by atoms with Crippen molar-refractivity contribution in [3.8, 4) is 0 Å². The van der Waals surface area contributed by atoms with Crippen molar-refractivity contribution in [2.24, 2.45) is 11.8 Å². The van der Waals surface area contributed by atoms with Crippen molar-refractivity contribution in [1.29, 1.82) is 0 Å². The van der Waals surface area contributed by atoms with E-state index >= 15 is 0 Å². The monoisotopic (exact) mass is 379 g/mol. The minimum atomic E-state index is 0. The van der Waals surface area contributed by atoms with Crippen LogP contribution in [-0.4, -0.2) is 24.9 Å². The average Bonchev–Trinajstić information content (AvgIpc) is 2.65. The van der Waals surface area contributed by atoms with E-state index in [1.165, 1.54) is 32.1 Å². The van der Waals surface area contributed by atoms with Crippen molar-refractivity contribution in [3.05, 3.63) is 24.3 Å². The predicted octanol–water partition coefficient (Wildman–Crippen LogP) is 3.96. The molecule has 3 N–H and O–H groups in total. The number of benzene rings is 1. The van der Waals surface area contributed by atoms with Gasteiger partial charge in [-0.1, -0.05) is 19.3 Å². The second kappa shape index (κ2) is 10.5. The van der Waals surface area contributed by atoms with Gasteiger partial charge in [-0.3, -0.25) is 9.59 Å². The number of hydrogen-bond donors (Lipinski definition) is 3. The molecule has 1 heterocycles. The van der Waals surface area contributed by atoms with Crippen LogP contribution < -0.4 is 16.0 Å². The zero-order chi connectivity index (χ0) is 17.5. The molecular weight excluding hydrogens is 350 g/mol. The van der Waals surface area contributed by atoms with Crippen LogP contribution in [0.3, 0.4) is 0 Å². The molecule has 144 valence electrons. The lowest BCUT2D eigenvalue weighted by Crippen LogP contribution is -2.37. The summed E-state index contributed by atoms with van der Waals surface area (Å²) in [5.41, 5.74) is 1.57. The molecule has 0 aromatic heterocycles. The van der Waals surface area contributed by atoms with E-state index in [2.05, 4.69) is 16.0 Å². The van der Waals surface area contributed by atoms with Gasteiger partial charge in [-0.15, -0.1) is 12.4 Å². The Bertz CT molecular complexity index is 579. The molecule has 0 radical (unpaired) electrons. The van der Waals surface area contributed by atoms with Gasteiger partial charge in [-0.2, -0.15) is 0 Å². The van der Waals surface area contributed by atoms with Gasteiger partial charge in [-0.05, 0) is 62.4 Å². The van der Waals surface area contributed by atoms with Crippen LogP contribution in [0.5, 0.6) is 0 Å². The maximum atomic E-state index is 12.2. The third-order valence-electron chi connectivity index (χ3n) is 5.30. The Balaban J connectivity index is 0.00000243. The van der Waals surface area contributed by atoms with E-state index in [1.807, 2.05) is 24.3 Å². The van der Waals surface area contributed by atoms with Gasteiger partial charge in [0.05, 0.1) is 5.92 Å². The summed E-state index contributed by atoms with van der Waals surface area (Å²) in [7, 11) is 0.